The van der Waals surface area contributed by atoms with Gasteiger partial charge >= 0.3 is 6.18 Å². The van der Waals surface area contributed by atoms with Gasteiger partial charge < -0.3 is 10.6 Å². The van der Waals surface area contributed by atoms with E-state index in [1.54, 1.807) is 6.07 Å². The highest BCUT2D eigenvalue weighted by Crippen LogP contribution is 2.33. The lowest BCUT2D eigenvalue weighted by atomic mass is 10.1. The first-order valence-corrected chi connectivity index (χ1v) is 7.08. The summed E-state index contributed by atoms with van der Waals surface area (Å²) in [6.07, 6.45) is -0.747. The third-order valence-electron chi connectivity index (χ3n) is 3.92. The number of nitrogens with two attached hydrogens (primary N) is 1. The summed E-state index contributed by atoms with van der Waals surface area (Å²) in [7, 11) is 0. The first-order chi connectivity index (χ1) is 9.93. The molecule has 1 aliphatic carbocycles. The molecule has 1 saturated carbocycles. The zero-order chi connectivity index (χ0) is 15.5. The molecular weight excluding hydrogens is 281 g/mol. The van der Waals surface area contributed by atoms with Gasteiger partial charge in [0.1, 0.15) is 0 Å². The van der Waals surface area contributed by atoms with Gasteiger partial charge in [0.05, 0.1) is 12.1 Å². The van der Waals surface area contributed by atoms with Gasteiger partial charge in [0.25, 0.3) is 0 Å². The van der Waals surface area contributed by atoms with E-state index in [1.807, 2.05) is 0 Å². The second-order valence-electron chi connectivity index (χ2n) is 5.32. The minimum atomic E-state index is -4.41. The predicted molar refractivity (Wildman–Crippen MR) is 73.3 cm³/mol. The van der Waals surface area contributed by atoms with Crippen LogP contribution in [0, 0.1) is 0 Å². The highest BCUT2D eigenvalue weighted by atomic mass is 19.4. The van der Waals surface area contributed by atoms with Gasteiger partial charge in [-0.3, -0.25) is 4.79 Å². The van der Waals surface area contributed by atoms with Gasteiger partial charge in [0.15, 0.2) is 0 Å². The molecule has 2 rings (SSSR count). The van der Waals surface area contributed by atoms with Crippen molar-refractivity contribution in [3.05, 3.63) is 35.4 Å². The Kier molecular flexibility index (Phi) is 4.88. The predicted octanol–water partition coefficient (Wildman–Crippen LogP) is 2.94. The van der Waals surface area contributed by atoms with Crippen LogP contribution < -0.4 is 5.73 Å². The van der Waals surface area contributed by atoms with Crippen LogP contribution in [0.2, 0.25) is 0 Å². The summed E-state index contributed by atoms with van der Waals surface area (Å²) in [5, 5.41) is 0. The molecule has 116 valence electrons. The number of carbonyl (C=O) groups is 1. The third-order valence-corrected chi connectivity index (χ3v) is 3.92. The molecular formula is C15H19F3N2O. The van der Waals surface area contributed by atoms with Crippen LogP contribution in [-0.2, 0) is 17.5 Å². The number of benzene rings is 1. The van der Waals surface area contributed by atoms with Crippen molar-refractivity contribution in [1.29, 1.82) is 0 Å². The Morgan fingerprint density at radius 1 is 1.24 bits per heavy atom. The molecule has 1 amide bonds. The minimum Gasteiger partial charge on any atom is -0.334 e. The quantitative estimate of drug-likeness (QED) is 0.929. The molecule has 21 heavy (non-hydrogen) atoms. The van der Waals surface area contributed by atoms with Crippen molar-refractivity contribution in [1.82, 2.24) is 4.90 Å². The first kappa shape index (κ1) is 15.8. The molecule has 0 aliphatic heterocycles. The van der Waals surface area contributed by atoms with E-state index in [-0.39, 0.29) is 30.6 Å². The lowest BCUT2D eigenvalue weighted by Crippen LogP contribution is -2.42. The molecule has 1 aliphatic rings. The number of carbonyl (C=O) groups excluding carboxylic acids is 1. The lowest BCUT2D eigenvalue weighted by Gasteiger charge is -2.29. The van der Waals surface area contributed by atoms with E-state index in [1.165, 1.54) is 17.0 Å². The Labute approximate surface area is 121 Å². The van der Waals surface area contributed by atoms with Crippen LogP contribution >= 0.6 is 0 Å². The lowest BCUT2D eigenvalue weighted by molar-refractivity contribution is -0.140. The van der Waals surface area contributed by atoms with Gasteiger partial charge in [-0.1, -0.05) is 31.0 Å². The van der Waals surface area contributed by atoms with Crippen LogP contribution in [0.1, 0.15) is 36.8 Å². The molecule has 2 N–H and O–H groups in total. The molecule has 1 fully saturated rings. The fourth-order valence-electron chi connectivity index (χ4n) is 2.87. The summed E-state index contributed by atoms with van der Waals surface area (Å²) in [6, 6.07) is 5.40. The van der Waals surface area contributed by atoms with E-state index in [0.717, 1.165) is 31.7 Å². The highest BCUT2D eigenvalue weighted by molar-refractivity contribution is 5.78. The Morgan fingerprint density at radius 3 is 2.43 bits per heavy atom. The number of nitrogens with zero attached hydrogens (tertiary/aromatic N) is 1. The Balaban J connectivity index is 2.26. The van der Waals surface area contributed by atoms with E-state index in [2.05, 4.69) is 0 Å². The Morgan fingerprint density at radius 2 is 1.86 bits per heavy atom. The van der Waals surface area contributed by atoms with E-state index >= 15 is 0 Å². The van der Waals surface area contributed by atoms with Gasteiger partial charge in [0.2, 0.25) is 5.91 Å². The summed E-state index contributed by atoms with van der Waals surface area (Å²) < 4.78 is 39.1. The highest BCUT2D eigenvalue weighted by Gasteiger charge is 2.34. The summed E-state index contributed by atoms with van der Waals surface area (Å²) in [5.74, 6) is -0.293. The molecule has 0 radical (unpaired) electrons. The van der Waals surface area contributed by atoms with Gasteiger partial charge in [-0.25, -0.2) is 0 Å². The topological polar surface area (TPSA) is 46.3 Å². The molecule has 6 heteroatoms. The van der Waals surface area contributed by atoms with Crippen molar-refractivity contribution < 1.29 is 18.0 Å². The molecule has 0 saturated heterocycles. The van der Waals surface area contributed by atoms with Gasteiger partial charge in [0, 0.05) is 12.6 Å². The zero-order valence-corrected chi connectivity index (χ0v) is 11.7. The number of hydrogen-bond donors (Lipinski definition) is 1. The molecule has 0 bridgehead atoms. The van der Waals surface area contributed by atoms with Gasteiger partial charge in [-0.2, -0.15) is 13.2 Å². The van der Waals surface area contributed by atoms with Crippen molar-refractivity contribution in [2.24, 2.45) is 5.73 Å². The van der Waals surface area contributed by atoms with Gasteiger partial charge in [-0.15, -0.1) is 0 Å². The molecule has 1 aromatic carbocycles. The third kappa shape index (κ3) is 3.75. The first-order valence-electron chi connectivity index (χ1n) is 7.08. The fourth-order valence-corrected chi connectivity index (χ4v) is 2.87. The standard InChI is InChI=1S/C15H19F3N2O/c16-15(17,18)13-8-4-1-5-11(13)10-20(14(21)9-19)12-6-2-3-7-12/h1,4-5,8,12H,2-3,6-7,9-10,19H2. The second-order valence-corrected chi connectivity index (χ2v) is 5.32. The normalized spacial score (nSPS) is 16.2. The molecule has 1 aromatic rings. The summed E-state index contributed by atoms with van der Waals surface area (Å²) >= 11 is 0. The number of halogens is 3. The zero-order valence-electron chi connectivity index (χ0n) is 11.7. The maximum atomic E-state index is 13.0. The summed E-state index contributed by atoms with van der Waals surface area (Å²) in [6.45, 7) is -0.207. The number of amides is 1. The SMILES string of the molecule is NCC(=O)N(Cc1ccccc1C(F)(F)F)C1CCCC1. The average Bonchev–Trinajstić information content (AvgIpc) is 2.97. The van der Waals surface area contributed by atoms with Crippen molar-refractivity contribution in [2.45, 2.75) is 44.4 Å². The molecule has 0 unspecified atom stereocenters. The Hall–Kier alpha value is -1.56. The average molecular weight is 300 g/mol. The maximum Gasteiger partial charge on any atom is 0.416 e. The van der Waals surface area contributed by atoms with E-state index in [4.69, 9.17) is 5.73 Å². The van der Waals surface area contributed by atoms with Crippen LogP contribution in [0.5, 0.6) is 0 Å². The monoisotopic (exact) mass is 300 g/mol. The minimum absolute atomic E-state index is 0.00217. The van der Waals surface area contributed by atoms with Crippen molar-refractivity contribution in [3.63, 3.8) is 0 Å². The van der Waals surface area contributed by atoms with E-state index in [0.29, 0.717) is 0 Å². The van der Waals surface area contributed by atoms with Crippen molar-refractivity contribution in [3.8, 4) is 0 Å². The van der Waals surface area contributed by atoms with Crippen LogP contribution in [-0.4, -0.2) is 23.4 Å². The molecule has 0 atom stereocenters. The molecule has 0 aromatic heterocycles. The van der Waals surface area contributed by atoms with Gasteiger partial charge in [-0.05, 0) is 24.5 Å². The fraction of sp³-hybridized carbons (Fsp3) is 0.533. The van der Waals surface area contributed by atoms with Crippen molar-refractivity contribution >= 4 is 5.91 Å². The molecule has 0 spiro atoms. The second kappa shape index (κ2) is 6.47. The smallest absolute Gasteiger partial charge is 0.334 e. The van der Waals surface area contributed by atoms with E-state index in [9.17, 15) is 18.0 Å². The molecule has 0 heterocycles. The Bertz CT molecular complexity index is 496. The number of hydrogen-bond acceptors (Lipinski definition) is 2. The number of alkyl halides is 3. The van der Waals surface area contributed by atoms with E-state index < -0.39 is 11.7 Å². The van der Waals surface area contributed by atoms with Crippen LogP contribution in [0.15, 0.2) is 24.3 Å². The molecule has 3 nitrogen and oxygen atoms in total. The maximum absolute atomic E-state index is 13.0. The summed E-state index contributed by atoms with van der Waals surface area (Å²) in [4.78, 5) is 13.5. The van der Waals surface area contributed by atoms with Crippen LogP contribution in [0.25, 0.3) is 0 Å². The summed E-state index contributed by atoms with van der Waals surface area (Å²) in [5.41, 5.74) is 4.85. The van der Waals surface area contributed by atoms with Crippen LogP contribution in [0.4, 0.5) is 13.2 Å². The number of rotatable bonds is 4. The largest absolute Gasteiger partial charge is 0.416 e. The van der Waals surface area contributed by atoms with Crippen LogP contribution in [0.3, 0.4) is 0 Å². The van der Waals surface area contributed by atoms with Crippen molar-refractivity contribution in [2.75, 3.05) is 6.54 Å².